The van der Waals surface area contributed by atoms with Gasteiger partial charge in [0, 0.05) is 5.69 Å². The number of aryl methyl sites for hydroxylation is 2. The molecule has 106 valence electrons. The van der Waals surface area contributed by atoms with Crippen LogP contribution in [-0.4, -0.2) is 23.4 Å². The molecule has 0 radical (unpaired) electrons. The Morgan fingerprint density at radius 3 is 1.90 bits per heavy atom. The predicted octanol–water partition coefficient (Wildman–Crippen LogP) is 2.97. The summed E-state index contributed by atoms with van der Waals surface area (Å²) in [6.07, 6.45) is 0. The van der Waals surface area contributed by atoms with Gasteiger partial charge >= 0.3 is 0 Å². The minimum atomic E-state index is -0.241. The van der Waals surface area contributed by atoms with E-state index in [0.29, 0.717) is 11.1 Å². The fourth-order valence-corrected chi connectivity index (χ4v) is 2.63. The highest BCUT2D eigenvalue weighted by molar-refractivity contribution is 6.21. The lowest BCUT2D eigenvalue weighted by Gasteiger charge is -2.18. The van der Waals surface area contributed by atoms with E-state index < -0.39 is 0 Å². The molecule has 0 spiro atoms. The summed E-state index contributed by atoms with van der Waals surface area (Å²) in [4.78, 5) is 25.8. The lowest BCUT2D eigenvalue weighted by molar-refractivity contribution is 0.0665. The summed E-state index contributed by atoms with van der Waals surface area (Å²) in [5.74, 6) is -0.483. The van der Waals surface area contributed by atoms with Gasteiger partial charge in [0.15, 0.2) is 0 Å². The quantitative estimate of drug-likeness (QED) is 0.879. The van der Waals surface area contributed by atoms with E-state index >= 15 is 0 Å². The zero-order valence-electron chi connectivity index (χ0n) is 12.0. The molecule has 1 aliphatic rings. The largest absolute Gasteiger partial charge is 0.367 e. The van der Waals surface area contributed by atoms with E-state index in [2.05, 4.69) is 5.32 Å². The minimum absolute atomic E-state index is 0.179. The SMILES string of the molecule is Cc1cccc(C)c1NCN1C(=O)c2ccccc2C1=O. The second-order valence-electron chi connectivity index (χ2n) is 5.19. The van der Waals surface area contributed by atoms with Crippen LogP contribution in [0.3, 0.4) is 0 Å². The number of benzene rings is 2. The summed E-state index contributed by atoms with van der Waals surface area (Å²) < 4.78 is 0. The van der Waals surface area contributed by atoms with Gasteiger partial charge in [-0.05, 0) is 37.1 Å². The molecule has 0 saturated carbocycles. The van der Waals surface area contributed by atoms with Crippen molar-refractivity contribution < 1.29 is 9.59 Å². The van der Waals surface area contributed by atoms with E-state index in [9.17, 15) is 9.59 Å². The maximum Gasteiger partial charge on any atom is 0.263 e. The second-order valence-corrected chi connectivity index (χ2v) is 5.19. The van der Waals surface area contributed by atoms with E-state index in [1.54, 1.807) is 24.3 Å². The van der Waals surface area contributed by atoms with Crippen LogP contribution in [0.15, 0.2) is 42.5 Å². The Labute approximate surface area is 123 Å². The molecule has 2 aromatic rings. The Hall–Kier alpha value is -2.62. The Bertz CT molecular complexity index is 682. The average molecular weight is 280 g/mol. The van der Waals surface area contributed by atoms with Gasteiger partial charge in [-0.2, -0.15) is 0 Å². The molecule has 1 N–H and O–H groups in total. The summed E-state index contributed by atoms with van der Waals surface area (Å²) in [6, 6.07) is 12.9. The van der Waals surface area contributed by atoms with E-state index in [1.165, 1.54) is 4.90 Å². The molecule has 3 rings (SSSR count). The molecule has 21 heavy (non-hydrogen) atoms. The van der Waals surface area contributed by atoms with Crippen molar-refractivity contribution in [2.75, 3.05) is 12.0 Å². The molecule has 1 aliphatic heterocycles. The first kappa shape index (κ1) is 13.4. The molecule has 0 bridgehead atoms. The number of rotatable bonds is 3. The Morgan fingerprint density at radius 2 is 1.38 bits per heavy atom. The van der Waals surface area contributed by atoms with E-state index in [-0.39, 0.29) is 18.5 Å². The summed E-state index contributed by atoms with van der Waals surface area (Å²) in [5.41, 5.74) is 4.10. The van der Waals surface area contributed by atoms with Crippen LogP contribution >= 0.6 is 0 Å². The summed E-state index contributed by atoms with van der Waals surface area (Å²) in [5, 5.41) is 3.20. The average Bonchev–Trinajstić information content (AvgIpc) is 2.72. The van der Waals surface area contributed by atoms with Gasteiger partial charge in [0.2, 0.25) is 0 Å². The van der Waals surface area contributed by atoms with Crippen LogP contribution in [-0.2, 0) is 0 Å². The number of imide groups is 1. The third-order valence-electron chi connectivity index (χ3n) is 3.77. The van der Waals surface area contributed by atoms with Crippen molar-refractivity contribution in [1.29, 1.82) is 0 Å². The fourth-order valence-electron chi connectivity index (χ4n) is 2.63. The first-order valence-corrected chi connectivity index (χ1v) is 6.85. The van der Waals surface area contributed by atoms with Crippen LogP contribution in [0.5, 0.6) is 0 Å². The maximum atomic E-state index is 12.3. The smallest absolute Gasteiger partial charge is 0.263 e. The van der Waals surface area contributed by atoms with Gasteiger partial charge in [0.25, 0.3) is 11.8 Å². The van der Waals surface area contributed by atoms with Crippen LogP contribution in [0.1, 0.15) is 31.8 Å². The third-order valence-corrected chi connectivity index (χ3v) is 3.77. The lowest BCUT2D eigenvalue weighted by Crippen LogP contribution is -2.34. The number of fused-ring (bicyclic) bond motifs is 1. The normalized spacial score (nSPS) is 13.5. The van der Waals surface area contributed by atoms with Crippen molar-refractivity contribution in [3.05, 3.63) is 64.7 Å². The molecule has 0 fully saturated rings. The van der Waals surface area contributed by atoms with Crippen LogP contribution in [0, 0.1) is 13.8 Å². The summed E-state index contributed by atoms with van der Waals surface area (Å²) in [6.45, 7) is 4.17. The van der Waals surface area contributed by atoms with Gasteiger partial charge in [-0.25, -0.2) is 0 Å². The van der Waals surface area contributed by atoms with Crippen molar-refractivity contribution in [2.24, 2.45) is 0 Å². The highest BCUT2D eigenvalue weighted by Gasteiger charge is 2.34. The molecule has 4 heteroatoms. The first-order chi connectivity index (χ1) is 10.1. The number of carbonyl (C=O) groups excluding carboxylic acids is 2. The number of anilines is 1. The Kier molecular flexibility index (Phi) is 3.22. The number of para-hydroxylation sites is 1. The van der Waals surface area contributed by atoms with Gasteiger partial charge < -0.3 is 5.32 Å². The maximum absolute atomic E-state index is 12.3. The van der Waals surface area contributed by atoms with Crippen LogP contribution in [0.25, 0.3) is 0 Å². The molecule has 2 amide bonds. The molecule has 0 unspecified atom stereocenters. The molecular weight excluding hydrogens is 264 g/mol. The topological polar surface area (TPSA) is 49.4 Å². The fraction of sp³-hybridized carbons (Fsp3) is 0.176. The van der Waals surface area contributed by atoms with E-state index in [0.717, 1.165) is 16.8 Å². The highest BCUT2D eigenvalue weighted by atomic mass is 16.2. The Balaban J connectivity index is 1.82. The number of nitrogens with one attached hydrogen (secondary N) is 1. The van der Waals surface area contributed by atoms with Crippen molar-refractivity contribution >= 4 is 17.5 Å². The molecule has 0 aliphatic carbocycles. The molecule has 2 aromatic carbocycles. The Morgan fingerprint density at radius 1 is 0.857 bits per heavy atom. The summed E-state index contributed by atoms with van der Waals surface area (Å²) >= 11 is 0. The van der Waals surface area contributed by atoms with Crippen molar-refractivity contribution in [3.63, 3.8) is 0 Å². The van der Waals surface area contributed by atoms with Crippen LogP contribution in [0.2, 0.25) is 0 Å². The van der Waals surface area contributed by atoms with E-state index in [4.69, 9.17) is 0 Å². The minimum Gasteiger partial charge on any atom is -0.367 e. The van der Waals surface area contributed by atoms with Gasteiger partial charge in [0.1, 0.15) is 0 Å². The highest BCUT2D eigenvalue weighted by Crippen LogP contribution is 2.24. The molecule has 1 heterocycles. The zero-order chi connectivity index (χ0) is 15.0. The van der Waals surface area contributed by atoms with Gasteiger partial charge in [-0.1, -0.05) is 30.3 Å². The van der Waals surface area contributed by atoms with E-state index in [1.807, 2.05) is 32.0 Å². The summed E-state index contributed by atoms with van der Waals surface area (Å²) in [7, 11) is 0. The first-order valence-electron chi connectivity index (χ1n) is 6.85. The number of amides is 2. The molecular formula is C17H16N2O2. The second kappa shape index (κ2) is 5.05. The number of carbonyl (C=O) groups is 2. The number of hydrogen-bond acceptors (Lipinski definition) is 3. The van der Waals surface area contributed by atoms with Gasteiger partial charge in [0.05, 0.1) is 17.8 Å². The predicted molar refractivity (Wildman–Crippen MR) is 81.3 cm³/mol. The zero-order valence-corrected chi connectivity index (χ0v) is 12.0. The standard InChI is InChI=1S/C17H16N2O2/c1-11-6-5-7-12(2)15(11)18-10-19-16(20)13-8-3-4-9-14(13)17(19)21/h3-9,18H,10H2,1-2H3. The lowest BCUT2D eigenvalue weighted by atomic mass is 10.1. The monoisotopic (exact) mass is 280 g/mol. The molecule has 0 aromatic heterocycles. The number of nitrogens with zero attached hydrogens (tertiary/aromatic N) is 1. The number of hydrogen-bond donors (Lipinski definition) is 1. The molecule has 0 atom stereocenters. The molecule has 0 saturated heterocycles. The van der Waals surface area contributed by atoms with Gasteiger partial charge in [-0.3, -0.25) is 14.5 Å². The van der Waals surface area contributed by atoms with Crippen molar-refractivity contribution in [3.8, 4) is 0 Å². The van der Waals surface area contributed by atoms with Crippen molar-refractivity contribution in [2.45, 2.75) is 13.8 Å². The van der Waals surface area contributed by atoms with Crippen LogP contribution in [0.4, 0.5) is 5.69 Å². The van der Waals surface area contributed by atoms with Crippen LogP contribution < -0.4 is 5.32 Å². The van der Waals surface area contributed by atoms with Crippen molar-refractivity contribution in [1.82, 2.24) is 4.90 Å². The third kappa shape index (κ3) is 2.18. The molecule has 4 nitrogen and oxygen atoms in total. The van der Waals surface area contributed by atoms with Gasteiger partial charge in [-0.15, -0.1) is 0 Å².